The van der Waals surface area contributed by atoms with Crippen molar-refractivity contribution < 1.29 is 23.4 Å². The average molecular weight is 416 g/mol. The molecule has 3 aromatic carbocycles. The number of aryl methyl sites for hydroxylation is 1. The number of rotatable bonds is 7. The third-order valence-corrected chi connectivity index (χ3v) is 4.69. The number of methoxy groups -OCH3 is 1. The summed E-state index contributed by atoms with van der Waals surface area (Å²) in [6.07, 6.45) is 2.09. The van der Waals surface area contributed by atoms with Crippen molar-refractivity contribution in [2.75, 3.05) is 7.11 Å². The Morgan fingerprint density at radius 3 is 2.35 bits per heavy atom. The van der Waals surface area contributed by atoms with E-state index < -0.39 is 0 Å². The fraction of sp³-hybridized carbons (Fsp3) is 0.120. The molecule has 0 aliphatic carbocycles. The minimum atomic E-state index is -0.356. The molecule has 0 aliphatic heterocycles. The molecule has 0 N–H and O–H groups in total. The van der Waals surface area contributed by atoms with Gasteiger partial charge < -0.3 is 18.6 Å². The van der Waals surface area contributed by atoms with Gasteiger partial charge in [0.2, 0.25) is 11.2 Å². The summed E-state index contributed by atoms with van der Waals surface area (Å²) in [6.45, 7) is 0. The lowest BCUT2D eigenvalue weighted by Gasteiger charge is -2.08. The Balaban J connectivity index is 1.46. The molecule has 0 aliphatic rings. The van der Waals surface area contributed by atoms with Gasteiger partial charge in [-0.05, 0) is 48.4 Å². The lowest BCUT2D eigenvalue weighted by molar-refractivity contribution is -0.134. The molecule has 0 fully saturated rings. The summed E-state index contributed by atoms with van der Waals surface area (Å²) in [5.41, 5.74) is 1.05. The van der Waals surface area contributed by atoms with Gasteiger partial charge in [0.05, 0.1) is 12.5 Å². The Morgan fingerprint density at radius 2 is 1.61 bits per heavy atom. The molecule has 0 radical (unpaired) electrons. The number of esters is 1. The quantitative estimate of drug-likeness (QED) is 0.307. The Morgan fingerprint density at radius 1 is 0.903 bits per heavy atom. The van der Waals surface area contributed by atoms with E-state index in [0.717, 1.165) is 5.56 Å². The average Bonchev–Trinajstić information content (AvgIpc) is 2.81. The van der Waals surface area contributed by atoms with Crippen molar-refractivity contribution >= 4 is 16.9 Å². The molecule has 4 rings (SSSR count). The summed E-state index contributed by atoms with van der Waals surface area (Å²) in [5, 5.41) is 0.329. The van der Waals surface area contributed by atoms with Crippen LogP contribution in [0.2, 0.25) is 0 Å². The van der Waals surface area contributed by atoms with Crippen LogP contribution < -0.4 is 19.6 Å². The number of fused-ring (bicyclic) bond motifs is 1. The third kappa shape index (κ3) is 4.93. The van der Waals surface area contributed by atoms with Crippen molar-refractivity contribution in [3.05, 3.63) is 94.8 Å². The van der Waals surface area contributed by atoms with Crippen molar-refractivity contribution in [3.8, 4) is 23.0 Å². The van der Waals surface area contributed by atoms with Crippen molar-refractivity contribution in [2.45, 2.75) is 12.8 Å². The Kier molecular flexibility index (Phi) is 5.98. The second kappa shape index (κ2) is 9.17. The number of hydrogen-bond donors (Lipinski definition) is 0. The summed E-state index contributed by atoms with van der Waals surface area (Å²) < 4.78 is 21.7. The van der Waals surface area contributed by atoms with E-state index in [1.165, 1.54) is 12.3 Å². The molecule has 0 atom stereocenters. The van der Waals surface area contributed by atoms with Gasteiger partial charge in [0.15, 0.2) is 0 Å². The van der Waals surface area contributed by atoms with Crippen molar-refractivity contribution in [1.29, 1.82) is 0 Å². The van der Waals surface area contributed by atoms with Crippen LogP contribution in [0.15, 0.2) is 88.3 Å². The van der Waals surface area contributed by atoms with Crippen molar-refractivity contribution in [2.24, 2.45) is 0 Å². The van der Waals surface area contributed by atoms with Gasteiger partial charge in [-0.25, -0.2) is 0 Å². The first-order valence-electron chi connectivity index (χ1n) is 9.74. The first-order chi connectivity index (χ1) is 15.1. The maximum atomic E-state index is 12.7. The van der Waals surface area contributed by atoms with Crippen molar-refractivity contribution in [3.63, 3.8) is 0 Å². The molecule has 6 nitrogen and oxygen atoms in total. The molecule has 6 heteroatoms. The first-order valence-corrected chi connectivity index (χ1v) is 9.74. The summed E-state index contributed by atoms with van der Waals surface area (Å²) in [6, 6.07) is 21.2. The molecular formula is C25H20O6. The largest absolute Gasteiger partial charge is 0.497 e. The maximum Gasteiger partial charge on any atom is 0.311 e. The zero-order valence-electron chi connectivity index (χ0n) is 16.9. The van der Waals surface area contributed by atoms with Gasteiger partial charge in [-0.15, -0.1) is 0 Å². The highest BCUT2D eigenvalue weighted by Crippen LogP contribution is 2.25. The molecule has 4 aromatic rings. The normalized spacial score (nSPS) is 10.6. The monoisotopic (exact) mass is 416 g/mol. The predicted octanol–water partition coefficient (Wildman–Crippen LogP) is 5.13. The molecule has 0 amide bonds. The fourth-order valence-electron chi connectivity index (χ4n) is 3.07. The Labute approximate surface area is 178 Å². The fourth-order valence-corrected chi connectivity index (χ4v) is 3.07. The summed E-state index contributed by atoms with van der Waals surface area (Å²) in [4.78, 5) is 24.9. The summed E-state index contributed by atoms with van der Waals surface area (Å²) in [5.74, 6) is 1.19. The predicted molar refractivity (Wildman–Crippen MR) is 116 cm³/mol. The van der Waals surface area contributed by atoms with Gasteiger partial charge in [0, 0.05) is 12.5 Å². The van der Waals surface area contributed by atoms with E-state index in [-0.39, 0.29) is 23.6 Å². The van der Waals surface area contributed by atoms with E-state index in [4.69, 9.17) is 18.6 Å². The van der Waals surface area contributed by atoms with Crippen LogP contribution in [0.5, 0.6) is 23.0 Å². The van der Waals surface area contributed by atoms with E-state index in [9.17, 15) is 9.59 Å². The smallest absolute Gasteiger partial charge is 0.311 e. The second-order valence-electron chi connectivity index (χ2n) is 6.82. The number of carbonyl (C=O) groups excluding carboxylic acids is 1. The molecule has 156 valence electrons. The van der Waals surface area contributed by atoms with E-state index in [0.29, 0.717) is 34.6 Å². The first kappa shape index (κ1) is 20.2. The molecule has 1 aromatic heterocycles. The zero-order valence-corrected chi connectivity index (χ0v) is 16.9. The van der Waals surface area contributed by atoms with E-state index >= 15 is 0 Å². The number of benzene rings is 3. The molecule has 0 unspecified atom stereocenters. The van der Waals surface area contributed by atoms with E-state index in [2.05, 4.69) is 0 Å². The highest BCUT2D eigenvalue weighted by atomic mass is 16.5. The van der Waals surface area contributed by atoms with Gasteiger partial charge in [-0.2, -0.15) is 0 Å². The summed E-state index contributed by atoms with van der Waals surface area (Å²) in [7, 11) is 1.57. The lowest BCUT2D eigenvalue weighted by Crippen LogP contribution is -2.09. The van der Waals surface area contributed by atoms with Crippen LogP contribution in [0, 0.1) is 0 Å². The Hall–Kier alpha value is -4.06. The number of ether oxygens (including phenoxy) is 3. The van der Waals surface area contributed by atoms with Crippen LogP contribution in [-0.2, 0) is 11.2 Å². The molecule has 0 saturated heterocycles. The maximum absolute atomic E-state index is 12.7. The lowest BCUT2D eigenvalue weighted by atomic mass is 10.1. The van der Waals surface area contributed by atoms with Crippen LogP contribution in [0.4, 0.5) is 0 Å². The van der Waals surface area contributed by atoms with Crippen LogP contribution in [0.25, 0.3) is 11.0 Å². The van der Waals surface area contributed by atoms with Gasteiger partial charge in [-0.1, -0.05) is 30.3 Å². The van der Waals surface area contributed by atoms with E-state index in [1.807, 2.05) is 30.3 Å². The molecular weight excluding hydrogens is 396 g/mol. The second-order valence-corrected chi connectivity index (χ2v) is 6.82. The van der Waals surface area contributed by atoms with E-state index in [1.54, 1.807) is 43.5 Å². The van der Waals surface area contributed by atoms with Gasteiger partial charge >= 0.3 is 5.97 Å². The van der Waals surface area contributed by atoms with Crippen molar-refractivity contribution in [1.82, 2.24) is 0 Å². The molecule has 0 bridgehead atoms. The molecule has 1 heterocycles. The highest BCUT2D eigenvalue weighted by Gasteiger charge is 2.12. The highest BCUT2D eigenvalue weighted by molar-refractivity contribution is 5.80. The Bertz CT molecular complexity index is 1240. The van der Waals surface area contributed by atoms with Crippen LogP contribution in [0.3, 0.4) is 0 Å². The van der Waals surface area contributed by atoms with Gasteiger partial charge in [-0.3, -0.25) is 9.59 Å². The summed E-state index contributed by atoms with van der Waals surface area (Å²) >= 11 is 0. The van der Waals surface area contributed by atoms with Crippen LogP contribution in [0.1, 0.15) is 12.0 Å². The topological polar surface area (TPSA) is 75.0 Å². The van der Waals surface area contributed by atoms with Crippen LogP contribution in [-0.4, -0.2) is 13.1 Å². The number of carbonyl (C=O) groups is 1. The molecule has 31 heavy (non-hydrogen) atoms. The minimum Gasteiger partial charge on any atom is -0.497 e. The molecule has 0 spiro atoms. The van der Waals surface area contributed by atoms with Crippen LogP contribution >= 0.6 is 0 Å². The van der Waals surface area contributed by atoms with Gasteiger partial charge in [0.25, 0.3) is 0 Å². The number of hydrogen-bond acceptors (Lipinski definition) is 6. The third-order valence-electron chi connectivity index (χ3n) is 4.69. The minimum absolute atomic E-state index is 0.0604. The SMILES string of the molecule is COc1ccc(Oc2coc3cc(OC(=O)CCc4ccccc4)ccc3c2=O)cc1. The molecule has 0 saturated carbocycles. The zero-order chi connectivity index (χ0) is 21.6. The standard InChI is InChI=1S/C25H20O6/c1-28-18-8-10-19(11-9-18)30-23-16-29-22-15-20(12-13-21(22)25(23)27)31-24(26)14-7-17-5-3-2-4-6-17/h2-6,8-13,15-16H,7,14H2,1H3. The van der Waals surface area contributed by atoms with Gasteiger partial charge in [0.1, 0.15) is 29.1 Å².